The lowest BCUT2D eigenvalue weighted by Gasteiger charge is -2.10. The first-order chi connectivity index (χ1) is 8.63. The van der Waals surface area contributed by atoms with Gasteiger partial charge >= 0.3 is 0 Å². The maximum absolute atomic E-state index is 5.76. The first kappa shape index (κ1) is 11.3. The largest absolute Gasteiger partial charge is 0.368 e. The number of nitrogen functional groups attached to an aromatic ring is 1. The molecule has 1 unspecified atom stereocenters. The fourth-order valence-electron chi connectivity index (χ4n) is 1.97. The number of rotatable bonds is 4. The summed E-state index contributed by atoms with van der Waals surface area (Å²) < 4.78 is 2.05. The Morgan fingerprint density at radius 2 is 2.28 bits per heavy atom. The third-order valence-electron chi connectivity index (χ3n) is 2.91. The summed E-state index contributed by atoms with van der Waals surface area (Å²) in [5.74, 6) is 1.65. The molecule has 2 heterocycles. The second-order valence-corrected chi connectivity index (χ2v) is 5.03. The Labute approximate surface area is 106 Å². The van der Waals surface area contributed by atoms with Gasteiger partial charge in [0.1, 0.15) is 0 Å². The van der Waals surface area contributed by atoms with Gasteiger partial charge in [0.2, 0.25) is 5.95 Å². The lowest BCUT2D eigenvalue weighted by atomic mass is 10.3. The number of nitrogens with one attached hydrogen (secondary N) is 1. The summed E-state index contributed by atoms with van der Waals surface area (Å²) in [5.41, 5.74) is 7.37. The van der Waals surface area contributed by atoms with Crippen LogP contribution in [-0.2, 0) is 6.54 Å². The Morgan fingerprint density at radius 1 is 1.50 bits per heavy atom. The maximum atomic E-state index is 5.76. The quantitative estimate of drug-likeness (QED) is 0.852. The van der Waals surface area contributed by atoms with Crippen molar-refractivity contribution in [2.24, 2.45) is 5.92 Å². The molecule has 1 saturated carbocycles. The summed E-state index contributed by atoms with van der Waals surface area (Å²) in [5, 5.41) is 3.26. The molecule has 95 valence electrons. The van der Waals surface area contributed by atoms with Crippen LogP contribution in [0.2, 0.25) is 0 Å². The van der Waals surface area contributed by atoms with Crippen LogP contribution < -0.4 is 11.1 Å². The molecule has 1 radical (unpaired) electrons. The van der Waals surface area contributed by atoms with E-state index in [0.717, 1.165) is 17.7 Å². The van der Waals surface area contributed by atoms with E-state index in [2.05, 4.69) is 40.5 Å². The third kappa shape index (κ3) is 2.10. The van der Waals surface area contributed by atoms with Crippen LogP contribution in [0.1, 0.15) is 20.3 Å². The van der Waals surface area contributed by atoms with Crippen molar-refractivity contribution in [1.29, 1.82) is 0 Å². The number of aromatic nitrogens is 4. The van der Waals surface area contributed by atoms with Crippen molar-refractivity contribution >= 4 is 22.9 Å². The van der Waals surface area contributed by atoms with Gasteiger partial charge in [-0.25, -0.2) is 4.98 Å². The Morgan fingerprint density at radius 3 is 2.94 bits per heavy atom. The van der Waals surface area contributed by atoms with E-state index in [1.807, 2.05) is 10.9 Å². The van der Waals surface area contributed by atoms with Crippen molar-refractivity contribution in [3.05, 3.63) is 12.7 Å². The van der Waals surface area contributed by atoms with Gasteiger partial charge in [0, 0.05) is 12.6 Å². The molecule has 2 aromatic heterocycles. The van der Waals surface area contributed by atoms with Crippen molar-refractivity contribution < 1.29 is 0 Å². The average molecular weight is 245 g/mol. The first-order valence-electron chi connectivity index (χ1n) is 6.21. The summed E-state index contributed by atoms with van der Waals surface area (Å²) in [6, 6.07) is 0.282. The van der Waals surface area contributed by atoms with Crippen molar-refractivity contribution in [1.82, 2.24) is 19.5 Å². The number of hydrogen-bond acceptors (Lipinski definition) is 5. The number of hydrogen-bond donors (Lipinski definition) is 2. The van der Waals surface area contributed by atoms with Crippen LogP contribution in [0.4, 0.5) is 11.8 Å². The summed E-state index contributed by atoms with van der Waals surface area (Å²) >= 11 is 0. The van der Waals surface area contributed by atoms with Crippen LogP contribution >= 0.6 is 0 Å². The van der Waals surface area contributed by atoms with Crippen molar-refractivity contribution in [2.75, 3.05) is 11.1 Å². The van der Waals surface area contributed by atoms with Crippen molar-refractivity contribution in [2.45, 2.75) is 32.9 Å². The van der Waals surface area contributed by atoms with Gasteiger partial charge in [-0.2, -0.15) is 9.97 Å². The SMILES string of the molecule is CC(C)Nc1nc(N)nc2c1ncn2CC1[CH]C1. The lowest BCUT2D eigenvalue weighted by Crippen LogP contribution is -2.13. The number of anilines is 2. The van der Waals surface area contributed by atoms with Gasteiger partial charge in [-0.15, -0.1) is 0 Å². The molecular weight excluding hydrogens is 228 g/mol. The first-order valence-corrected chi connectivity index (χ1v) is 6.21. The highest BCUT2D eigenvalue weighted by Gasteiger charge is 2.24. The van der Waals surface area contributed by atoms with E-state index in [1.54, 1.807) is 0 Å². The molecule has 18 heavy (non-hydrogen) atoms. The monoisotopic (exact) mass is 245 g/mol. The smallest absolute Gasteiger partial charge is 0.224 e. The highest BCUT2D eigenvalue weighted by atomic mass is 15.2. The molecule has 1 atom stereocenters. The van der Waals surface area contributed by atoms with E-state index in [0.29, 0.717) is 11.7 Å². The van der Waals surface area contributed by atoms with Gasteiger partial charge in [0.25, 0.3) is 0 Å². The summed E-state index contributed by atoms with van der Waals surface area (Å²) in [7, 11) is 0. The molecule has 2 aromatic rings. The summed E-state index contributed by atoms with van der Waals surface area (Å²) in [6.45, 7) is 5.04. The van der Waals surface area contributed by atoms with Gasteiger partial charge in [-0.1, -0.05) is 0 Å². The zero-order chi connectivity index (χ0) is 12.7. The molecule has 1 fully saturated rings. The molecule has 0 aromatic carbocycles. The molecule has 0 bridgehead atoms. The fraction of sp³-hybridized carbons (Fsp3) is 0.500. The molecule has 1 aliphatic rings. The van der Waals surface area contributed by atoms with Crippen molar-refractivity contribution in [3.63, 3.8) is 0 Å². The second kappa shape index (κ2) is 4.12. The minimum atomic E-state index is 0.282. The molecule has 0 spiro atoms. The van der Waals surface area contributed by atoms with Crippen LogP contribution in [0.3, 0.4) is 0 Å². The highest BCUT2D eigenvalue weighted by molar-refractivity contribution is 5.84. The van der Waals surface area contributed by atoms with E-state index in [4.69, 9.17) is 5.73 Å². The Balaban J connectivity index is 2.04. The number of nitrogens with two attached hydrogens (primary N) is 1. The van der Waals surface area contributed by atoms with Gasteiger partial charge in [0.15, 0.2) is 17.0 Å². The standard InChI is InChI=1S/C12H17N6/c1-7(2)15-10-9-11(17-12(13)16-10)18(6-14-9)5-8-3-4-8/h3,6-8H,4-5H2,1-2H3,(H3,13,15,16,17). The molecule has 0 amide bonds. The molecular formula is C12H17N6. The van der Waals surface area contributed by atoms with Gasteiger partial charge in [-0.05, 0) is 32.6 Å². The molecule has 0 aliphatic heterocycles. The Hall–Kier alpha value is -1.85. The van der Waals surface area contributed by atoms with Gasteiger partial charge in [-0.3, -0.25) is 0 Å². The number of imidazole rings is 1. The minimum Gasteiger partial charge on any atom is -0.368 e. The second-order valence-electron chi connectivity index (χ2n) is 5.03. The lowest BCUT2D eigenvalue weighted by molar-refractivity contribution is 0.653. The van der Waals surface area contributed by atoms with Gasteiger partial charge in [0.05, 0.1) is 6.33 Å². The zero-order valence-corrected chi connectivity index (χ0v) is 10.6. The topological polar surface area (TPSA) is 81.7 Å². The van der Waals surface area contributed by atoms with Crippen LogP contribution in [0.15, 0.2) is 6.33 Å². The van der Waals surface area contributed by atoms with E-state index in [1.165, 1.54) is 6.42 Å². The van der Waals surface area contributed by atoms with Crippen LogP contribution in [0, 0.1) is 12.3 Å². The molecule has 1 aliphatic carbocycles. The van der Waals surface area contributed by atoms with E-state index in [9.17, 15) is 0 Å². The normalized spacial score (nSPS) is 15.5. The molecule has 3 N–H and O–H groups in total. The van der Waals surface area contributed by atoms with E-state index >= 15 is 0 Å². The third-order valence-corrected chi connectivity index (χ3v) is 2.91. The molecule has 6 heteroatoms. The van der Waals surface area contributed by atoms with Crippen LogP contribution in [0.5, 0.6) is 0 Å². The predicted molar refractivity (Wildman–Crippen MR) is 70.9 cm³/mol. The Bertz CT molecular complexity index is 569. The fourth-order valence-corrected chi connectivity index (χ4v) is 1.97. The Kier molecular flexibility index (Phi) is 2.57. The number of nitrogens with zero attached hydrogens (tertiary/aromatic N) is 4. The summed E-state index contributed by atoms with van der Waals surface area (Å²) in [4.78, 5) is 12.9. The highest BCUT2D eigenvalue weighted by Crippen LogP contribution is 2.30. The van der Waals surface area contributed by atoms with E-state index in [-0.39, 0.29) is 12.0 Å². The molecule has 3 rings (SSSR count). The van der Waals surface area contributed by atoms with Gasteiger partial charge < -0.3 is 15.6 Å². The molecule has 6 nitrogen and oxygen atoms in total. The van der Waals surface area contributed by atoms with Crippen molar-refractivity contribution in [3.8, 4) is 0 Å². The minimum absolute atomic E-state index is 0.282. The maximum Gasteiger partial charge on any atom is 0.224 e. The van der Waals surface area contributed by atoms with E-state index < -0.39 is 0 Å². The van der Waals surface area contributed by atoms with Crippen LogP contribution in [-0.4, -0.2) is 25.6 Å². The predicted octanol–water partition coefficient (Wildman–Crippen LogP) is 1.45. The molecule has 0 saturated heterocycles. The average Bonchev–Trinajstić information content (AvgIpc) is 3.00. The van der Waals surface area contributed by atoms with Crippen LogP contribution in [0.25, 0.3) is 11.2 Å². The summed E-state index contributed by atoms with van der Waals surface area (Å²) in [6.07, 6.45) is 5.28. The number of fused-ring (bicyclic) bond motifs is 1. The zero-order valence-electron chi connectivity index (χ0n) is 10.6.